The van der Waals surface area contributed by atoms with Crippen molar-refractivity contribution in [2.75, 3.05) is 24.1 Å². The van der Waals surface area contributed by atoms with Crippen molar-refractivity contribution in [3.05, 3.63) is 34.5 Å². The van der Waals surface area contributed by atoms with E-state index in [1.54, 1.807) is 0 Å². The number of aromatic nitrogens is 2. The Morgan fingerprint density at radius 2 is 1.90 bits per heavy atom. The summed E-state index contributed by atoms with van der Waals surface area (Å²) in [5.41, 5.74) is 9.49. The summed E-state index contributed by atoms with van der Waals surface area (Å²) in [6, 6.07) is 4.31. The van der Waals surface area contributed by atoms with Gasteiger partial charge >= 0.3 is 0 Å². The van der Waals surface area contributed by atoms with Gasteiger partial charge < -0.3 is 15.8 Å². The minimum absolute atomic E-state index is 0.0556. The second-order valence-electron chi connectivity index (χ2n) is 9.36. The normalized spacial score (nSPS) is 16.1. The van der Waals surface area contributed by atoms with E-state index in [1.807, 2.05) is 13.8 Å². The molecule has 0 aliphatic carbocycles. The van der Waals surface area contributed by atoms with Crippen molar-refractivity contribution in [3.8, 4) is 5.75 Å². The van der Waals surface area contributed by atoms with Gasteiger partial charge in [0.1, 0.15) is 16.6 Å². The zero-order valence-corrected chi connectivity index (χ0v) is 19.7. The lowest BCUT2D eigenvalue weighted by molar-refractivity contribution is 0.102. The highest BCUT2D eigenvalue weighted by Crippen LogP contribution is 2.38. The van der Waals surface area contributed by atoms with Gasteiger partial charge in [0.2, 0.25) is 5.95 Å². The smallest absolute Gasteiger partial charge is 0.229 e. The van der Waals surface area contributed by atoms with Crippen molar-refractivity contribution in [3.63, 3.8) is 0 Å². The molecule has 3 rings (SSSR count). The van der Waals surface area contributed by atoms with Crippen LogP contribution in [0.1, 0.15) is 64.5 Å². The first-order valence-electron chi connectivity index (χ1n) is 10.7. The molecule has 0 unspecified atom stereocenters. The Bertz CT molecular complexity index is 886. The number of nitrogens with one attached hydrogen (secondary N) is 1. The van der Waals surface area contributed by atoms with Crippen molar-refractivity contribution in [2.24, 2.45) is 0 Å². The summed E-state index contributed by atoms with van der Waals surface area (Å²) in [6.07, 6.45) is 3.87. The van der Waals surface area contributed by atoms with Gasteiger partial charge in [0.15, 0.2) is 0 Å². The predicted octanol–water partition coefficient (Wildman–Crippen LogP) is 5.53. The van der Waals surface area contributed by atoms with E-state index < -0.39 is 0 Å². The molecule has 3 N–H and O–H groups in total. The number of halogens is 1. The van der Waals surface area contributed by atoms with E-state index in [4.69, 9.17) is 22.1 Å². The minimum atomic E-state index is 0.0556. The lowest BCUT2D eigenvalue weighted by atomic mass is 9.85. The number of nitrogen functional groups attached to an aromatic ring is 1. The highest BCUT2D eigenvalue weighted by molar-refractivity contribution is 6.32. The Balaban J connectivity index is 1.87. The summed E-state index contributed by atoms with van der Waals surface area (Å²) >= 11 is 5.95. The van der Waals surface area contributed by atoms with Crippen LogP contribution in [0.3, 0.4) is 0 Å². The van der Waals surface area contributed by atoms with E-state index in [1.165, 1.54) is 17.3 Å². The van der Waals surface area contributed by atoms with Crippen molar-refractivity contribution in [2.45, 2.75) is 71.9 Å². The summed E-state index contributed by atoms with van der Waals surface area (Å²) in [7, 11) is 0. The van der Waals surface area contributed by atoms with Crippen LogP contribution < -0.4 is 15.8 Å². The highest BCUT2D eigenvalue weighted by atomic mass is 35.5. The third-order valence-corrected chi connectivity index (χ3v) is 5.92. The molecule has 0 spiro atoms. The summed E-state index contributed by atoms with van der Waals surface area (Å²) in [5.74, 6) is 1.99. The van der Waals surface area contributed by atoms with Crippen LogP contribution in [0.4, 0.5) is 17.5 Å². The van der Waals surface area contributed by atoms with Gasteiger partial charge in [0.05, 0.1) is 18.0 Å². The van der Waals surface area contributed by atoms with Gasteiger partial charge in [-0.15, -0.1) is 0 Å². The van der Waals surface area contributed by atoms with E-state index in [-0.39, 0.29) is 17.5 Å². The number of anilines is 3. The SMILES string of the molecule is Cc1cc(Nc2ncc(Cl)c(N)n2)c(OC(C)C)cc1C1CCN(C(C)(C)C)CC1. The lowest BCUT2D eigenvalue weighted by Gasteiger charge is -2.41. The molecule has 0 saturated carbocycles. The molecule has 1 fully saturated rings. The highest BCUT2D eigenvalue weighted by Gasteiger charge is 2.29. The Morgan fingerprint density at radius 1 is 1.23 bits per heavy atom. The van der Waals surface area contributed by atoms with Gasteiger partial charge in [0.25, 0.3) is 0 Å². The van der Waals surface area contributed by atoms with Gasteiger partial charge in [-0.2, -0.15) is 4.98 Å². The number of hydrogen-bond donors (Lipinski definition) is 2. The third kappa shape index (κ3) is 5.35. The molecule has 0 bridgehead atoms. The molecule has 0 amide bonds. The van der Waals surface area contributed by atoms with Crippen LogP contribution in [0.25, 0.3) is 0 Å². The zero-order valence-electron chi connectivity index (χ0n) is 18.9. The number of ether oxygens (including phenoxy) is 1. The lowest BCUT2D eigenvalue weighted by Crippen LogP contribution is -2.45. The van der Waals surface area contributed by atoms with Crippen LogP contribution in [-0.2, 0) is 0 Å². The molecule has 1 aromatic carbocycles. The first-order valence-corrected chi connectivity index (χ1v) is 11.0. The zero-order chi connectivity index (χ0) is 22.1. The van der Waals surface area contributed by atoms with Crippen molar-refractivity contribution < 1.29 is 4.74 Å². The third-order valence-electron chi connectivity index (χ3n) is 5.63. The number of piperidine rings is 1. The number of nitrogens with two attached hydrogens (primary N) is 1. The summed E-state index contributed by atoms with van der Waals surface area (Å²) in [4.78, 5) is 11.0. The van der Waals surface area contributed by atoms with E-state index in [2.05, 4.69) is 60.0 Å². The maximum Gasteiger partial charge on any atom is 0.229 e. The molecule has 1 saturated heterocycles. The van der Waals surface area contributed by atoms with Crippen LogP contribution in [0.15, 0.2) is 18.3 Å². The molecule has 0 radical (unpaired) electrons. The van der Waals surface area contributed by atoms with Crippen LogP contribution in [-0.4, -0.2) is 39.6 Å². The average Bonchev–Trinajstić information content (AvgIpc) is 2.66. The van der Waals surface area contributed by atoms with Gasteiger partial charge in [0, 0.05) is 5.54 Å². The van der Waals surface area contributed by atoms with Crippen LogP contribution in [0, 0.1) is 6.92 Å². The molecule has 6 nitrogen and oxygen atoms in total. The molecule has 2 aromatic rings. The van der Waals surface area contributed by atoms with Crippen LogP contribution >= 0.6 is 11.6 Å². The second kappa shape index (κ2) is 8.98. The Morgan fingerprint density at radius 3 is 2.47 bits per heavy atom. The first-order chi connectivity index (χ1) is 14.0. The van der Waals surface area contributed by atoms with Crippen LogP contribution in [0.5, 0.6) is 5.75 Å². The second-order valence-corrected chi connectivity index (χ2v) is 9.76. The Labute approximate surface area is 185 Å². The maximum atomic E-state index is 6.15. The molecule has 1 aliphatic rings. The fourth-order valence-corrected chi connectivity index (χ4v) is 4.11. The molecular weight excluding hydrogens is 398 g/mol. The number of aryl methyl sites for hydroxylation is 1. The summed E-state index contributed by atoms with van der Waals surface area (Å²) in [6.45, 7) is 15.3. The number of nitrogens with zero attached hydrogens (tertiary/aromatic N) is 3. The fourth-order valence-electron chi connectivity index (χ4n) is 4.02. The van der Waals surface area contributed by atoms with Crippen molar-refractivity contribution in [1.82, 2.24) is 14.9 Å². The van der Waals surface area contributed by atoms with E-state index in [0.29, 0.717) is 16.9 Å². The molecule has 2 heterocycles. The fraction of sp³-hybridized carbons (Fsp3) is 0.565. The van der Waals surface area contributed by atoms with Gasteiger partial charge in [-0.05, 0) is 96.7 Å². The molecule has 0 atom stereocenters. The molecular formula is C23H34ClN5O. The molecule has 1 aromatic heterocycles. The first kappa shape index (κ1) is 22.6. The molecule has 30 heavy (non-hydrogen) atoms. The number of rotatable bonds is 5. The van der Waals surface area contributed by atoms with Gasteiger partial charge in [-0.25, -0.2) is 4.98 Å². The average molecular weight is 432 g/mol. The Kier molecular flexibility index (Phi) is 6.78. The molecule has 1 aliphatic heterocycles. The maximum absolute atomic E-state index is 6.15. The van der Waals surface area contributed by atoms with Gasteiger partial charge in [-0.1, -0.05) is 11.6 Å². The Hall–Kier alpha value is -2.05. The van der Waals surface area contributed by atoms with Crippen molar-refractivity contribution >= 4 is 29.1 Å². The molecule has 164 valence electrons. The summed E-state index contributed by atoms with van der Waals surface area (Å²) < 4.78 is 6.15. The largest absolute Gasteiger partial charge is 0.489 e. The topological polar surface area (TPSA) is 76.3 Å². The predicted molar refractivity (Wildman–Crippen MR) is 125 cm³/mol. The van der Waals surface area contributed by atoms with Crippen LogP contribution in [0.2, 0.25) is 5.02 Å². The van der Waals surface area contributed by atoms with E-state index >= 15 is 0 Å². The minimum Gasteiger partial charge on any atom is -0.489 e. The number of likely N-dealkylation sites (tertiary alicyclic amines) is 1. The number of benzene rings is 1. The quantitative estimate of drug-likeness (QED) is 0.648. The monoisotopic (exact) mass is 431 g/mol. The standard InChI is InChI=1S/C23H34ClN5O/c1-14(2)30-20-12-17(16-7-9-29(10-8-16)23(4,5)6)15(3)11-19(20)27-22-26-13-18(24)21(25)28-22/h11-14,16H,7-10H2,1-6H3,(H3,25,26,27,28). The van der Waals surface area contributed by atoms with Gasteiger partial charge in [-0.3, -0.25) is 4.90 Å². The van der Waals surface area contributed by atoms with E-state index in [9.17, 15) is 0 Å². The van der Waals surface area contributed by atoms with E-state index in [0.717, 1.165) is 37.4 Å². The number of hydrogen-bond acceptors (Lipinski definition) is 6. The van der Waals surface area contributed by atoms with Crippen molar-refractivity contribution in [1.29, 1.82) is 0 Å². The summed E-state index contributed by atoms with van der Waals surface area (Å²) in [5, 5.41) is 3.59. The molecule has 7 heteroatoms.